The minimum absolute atomic E-state index is 0.113. The van der Waals surface area contributed by atoms with Gasteiger partial charge in [-0.15, -0.1) is 29.4 Å². The van der Waals surface area contributed by atoms with Crippen LogP contribution in [0.3, 0.4) is 0 Å². The number of thiophene rings is 1. The fourth-order valence-corrected chi connectivity index (χ4v) is 1.56. The van der Waals surface area contributed by atoms with Gasteiger partial charge in [0, 0.05) is 0 Å². The van der Waals surface area contributed by atoms with E-state index < -0.39 is 6.10 Å². The number of hydrogen-bond donors (Lipinski definition) is 1. The molecule has 0 radical (unpaired) electrons. The van der Waals surface area contributed by atoms with Crippen molar-refractivity contribution in [2.75, 3.05) is 5.88 Å². The van der Waals surface area contributed by atoms with Crippen LogP contribution in [0.4, 0.5) is 0 Å². The van der Waals surface area contributed by atoms with Gasteiger partial charge in [0.1, 0.15) is 6.10 Å². The molecule has 3 heteroatoms. The van der Waals surface area contributed by atoms with Crippen LogP contribution in [0.5, 0.6) is 0 Å². The van der Waals surface area contributed by atoms with E-state index in [0.29, 0.717) is 0 Å². The van der Waals surface area contributed by atoms with Crippen molar-refractivity contribution < 1.29 is 5.11 Å². The highest BCUT2D eigenvalue weighted by molar-refractivity contribution is 7.13. The molecule has 74 valence electrons. The van der Waals surface area contributed by atoms with Crippen LogP contribution in [0.25, 0.3) is 0 Å². The van der Waals surface area contributed by atoms with Crippen LogP contribution < -0.4 is 0 Å². The molecular formula is C12H7ClOS. The molecule has 0 amide bonds. The molecule has 0 saturated carbocycles. The molecule has 1 aromatic rings. The van der Waals surface area contributed by atoms with E-state index in [2.05, 4.69) is 29.6 Å². The standard InChI is InChI=1S/C12H7ClOS/c1-2-3-4-11-7-8-12(15-11)6-5-10(14)9-13/h1,7-8,10,14H,9H2. The van der Waals surface area contributed by atoms with Crippen molar-refractivity contribution in [3.63, 3.8) is 0 Å². The third kappa shape index (κ3) is 4.11. The van der Waals surface area contributed by atoms with Crippen molar-refractivity contribution in [2.24, 2.45) is 0 Å². The molecular weight excluding hydrogens is 228 g/mol. The van der Waals surface area contributed by atoms with Crippen molar-refractivity contribution in [3.05, 3.63) is 21.9 Å². The summed E-state index contributed by atoms with van der Waals surface area (Å²) in [7, 11) is 0. The van der Waals surface area contributed by atoms with Crippen LogP contribution in [0, 0.1) is 36.0 Å². The highest BCUT2D eigenvalue weighted by Gasteiger charge is 1.96. The summed E-state index contributed by atoms with van der Waals surface area (Å²) in [5, 5.41) is 9.11. The van der Waals surface area contributed by atoms with Crippen LogP contribution in [-0.4, -0.2) is 17.1 Å². The number of rotatable bonds is 1. The van der Waals surface area contributed by atoms with Crippen molar-refractivity contribution in [2.45, 2.75) is 6.10 Å². The average molecular weight is 235 g/mol. The summed E-state index contributed by atoms with van der Waals surface area (Å²) in [4.78, 5) is 1.69. The molecule has 0 spiro atoms. The van der Waals surface area contributed by atoms with E-state index in [1.54, 1.807) is 0 Å². The lowest BCUT2D eigenvalue weighted by Gasteiger charge is -1.91. The monoisotopic (exact) mass is 234 g/mol. The number of aliphatic hydroxyl groups excluding tert-OH is 1. The minimum atomic E-state index is -0.783. The predicted molar refractivity (Wildman–Crippen MR) is 63.6 cm³/mol. The summed E-state index contributed by atoms with van der Waals surface area (Å²) in [6.45, 7) is 0. The molecule has 1 rings (SSSR count). The zero-order valence-corrected chi connectivity index (χ0v) is 9.32. The Balaban J connectivity index is 2.76. The van der Waals surface area contributed by atoms with Gasteiger partial charge in [0.2, 0.25) is 0 Å². The second kappa shape index (κ2) is 6.18. The van der Waals surface area contributed by atoms with Gasteiger partial charge in [-0.2, -0.15) is 0 Å². The average Bonchev–Trinajstić information content (AvgIpc) is 2.71. The summed E-state index contributed by atoms with van der Waals surface area (Å²) >= 11 is 6.83. The van der Waals surface area contributed by atoms with Crippen LogP contribution >= 0.6 is 22.9 Å². The number of aliphatic hydroxyl groups is 1. The van der Waals surface area contributed by atoms with Gasteiger partial charge in [-0.3, -0.25) is 0 Å². The second-order valence-electron chi connectivity index (χ2n) is 2.50. The van der Waals surface area contributed by atoms with Gasteiger partial charge < -0.3 is 5.11 Å². The van der Waals surface area contributed by atoms with Crippen molar-refractivity contribution in [1.29, 1.82) is 0 Å². The number of alkyl halides is 1. The third-order valence-electron chi connectivity index (χ3n) is 1.37. The molecule has 0 aliphatic carbocycles. The molecule has 1 aromatic heterocycles. The number of hydrogen-bond acceptors (Lipinski definition) is 2. The van der Waals surface area contributed by atoms with E-state index in [0.717, 1.165) is 9.75 Å². The van der Waals surface area contributed by atoms with Crippen molar-refractivity contribution >= 4 is 22.9 Å². The van der Waals surface area contributed by atoms with E-state index in [4.69, 9.17) is 23.1 Å². The van der Waals surface area contributed by atoms with Gasteiger partial charge in [0.25, 0.3) is 0 Å². The smallest absolute Gasteiger partial charge is 0.128 e. The predicted octanol–water partition coefficient (Wildman–Crippen LogP) is 1.68. The van der Waals surface area contributed by atoms with E-state index in [1.807, 2.05) is 12.1 Å². The maximum absolute atomic E-state index is 9.11. The zero-order chi connectivity index (χ0) is 11.1. The van der Waals surface area contributed by atoms with Crippen molar-refractivity contribution in [1.82, 2.24) is 0 Å². The summed E-state index contributed by atoms with van der Waals surface area (Å²) in [6, 6.07) is 3.67. The largest absolute Gasteiger partial charge is 0.379 e. The fourth-order valence-electron chi connectivity index (χ4n) is 0.763. The molecule has 0 aromatic carbocycles. The molecule has 1 N–H and O–H groups in total. The van der Waals surface area contributed by atoms with Gasteiger partial charge in [-0.1, -0.05) is 11.8 Å². The second-order valence-corrected chi connectivity index (χ2v) is 3.89. The Morgan fingerprint density at radius 3 is 2.67 bits per heavy atom. The van der Waals surface area contributed by atoms with Gasteiger partial charge in [0.05, 0.1) is 15.6 Å². The van der Waals surface area contributed by atoms with E-state index in [1.165, 1.54) is 11.3 Å². The quantitative estimate of drug-likeness (QED) is 0.579. The normalized spacial score (nSPS) is 10.2. The highest BCUT2D eigenvalue weighted by Crippen LogP contribution is 2.13. The summed E-state index contributed by atoms with van der Waals surface area (Å²) in [5.41, 5.74) is 0. The molecule has 1 atom stereocenters. The summed E-state index contributed by atoms with van der Waals surface area (Å²) in [5.74, 6) is 13.1. The first kappa shape index (κ1) is 11.7. The first-order chi connectivity index (χ1) is 7.26. The Bertz CT molecular complexity index is 487. The van der Waals surface area contributed by atoms with Crippen LogP contribution in [0.2, 0.25) is 0 Å². The topological polar surface area (TPSA) is 20.2 Å². The molecule has 15 heavy (non-hydrogen) atoms. The Kier molecular flexibility index (Phi) is 4.82. The lowest BCUT2D eigenvalue weighted by atomic mass is 10.3. The number of terminal acetylenes is 1. The molecule has 0 saturated heterocycles. The lowest BCUT2D eigenvalue weighted by molar-refractivity contribution is 0.256. The Morgan fingerprint density at radius 2 is 2.07 bits per heavy atom. The first-order valence-electron chi connectivity index (χ1n) is 4.08. The van der Waals surface area contributed by atoms with Crippen LogP contribution in [0.1, 0.15) is 9.75 Å². The first-order valence-corrected chi connectivity index (χ1v) is 5.43. The zero-order valence-electron chi connectivity index (χ0n) is 7.75. The maximum Gasteiger partial charge on any atom is 0.128 e. The molecule has 0 bridgehead atoms. The Morgan fingerprint density at radius 1 is 1.40 bits per heavy atom. The molecule has 0 fully saturated rings. The Hall–Kier alpha value is -1.37. The molecule has 1 nitrogen and oxygen atoms in total. The van der Waals surface area contributed by atoms with Crippen molar-refractivity contribution in [3.8, 4) is 36.0 Å². The molecule has 0 aliphatic rings. The summed E-state index contributed by atoms with van der Waals surface area (Å²) in [6.07, 6.45) is 4.22. The summed E-state index contributed by atoms with van der Waals surface area (Å²) < 4.78 is 0. The van der Waals surface area contributed by atoms with Gasteiger partial charge in [0.15, 0.2) is 0 Å². The third-order valence-corrected chi connectivity index (χ3v) is 2.58. The van der Waals surface area contributed by atoms with Gasteiger partial charge >= 0.3 is 0 Å². The van der Waals surface area contributed by atoms with Gasteiger partial charge in [-0.25, -0.2) is 0 Å². The van der Waals surface area contributed by atoms with E-state index in [9.17, 15) is 0 Å². The molecule has 1 unspecified atom stereocenters. The number of halogens is 1. The van der Waals surface area contributed by atoms with E-state index >= 15 is 0 Å². The SMILES string of the molecule is C#CC#Cc1ccc(C#CC(O)CCl)s1. The fraction of sp³-hybridized carbons (Fsp3) is 0.167. The highest BCUT2D eigenvalue weighted by atomic mass is 35.5. The van der Waals surface area contributed by atoms with Gasteiger partial charge in [-0.05, 0) is 29.9 Å². The lowest BCUT2D eigenvalue weighted by Crippen LogP contribution is -2.03. The minimum Gasteiger partial charge on any atom is -0.379 e. The van der Waals surface area contributed by atoms with Crippen LogP contribution in [0.15, 0.2) is 12.1 Å². The van der Waals surface area contributed by atoms with E-state index in [-0.39, 0.29) is 5.88 Å². The maximum atomic E-state index is 9.11. The molecule has 1 heterocycles. The Labute approximate surface area is 98.1 Å². The molecule has 0 aliphatic heterocycles. The van der Waals surface area contributed by atoms with Crippen LogP contribution in [-0.2, 0) is 0 Å².